The number of carbonyl (C=O) groups is 2. The molecule has 1 N–H and O–H groups in total. The maximum Gasteiger partial charge on any atom is 0.356 e. The summed E-state index contributed by atoms with van der Waals surface area (Å²) in [6, 6.07) is 14.1. The average Bonchev–Trinajstić information content (AvgIpc) is 2.62. The number of benzene rings is 1. The van der Waals surface area contributed by atoms with Gasteiger partial charge in [0.15, 0.2) is 0 Å². The van der Waals surface area contributed by atoms with E-state index in [1.54, 1.807) is 19.2 Å². The van der Waals surface area contributed by atoms with Crippen LogP contribution >= 0.6 is 0 Å². The molecule has 0 radical (unpaired) electrons. The van der Waals surface area contributed by atoms with Gasteiger partial charge in [0.05, 0.1) is 24.0 Å². The number of rotatable bonds is 4. The van der Waals surface area contributed by atoms with Crippen LogP contribution in [0.15, 0.2) is 54.7 Å². The van der Waals surface area contributed by atoms with Gasteiger partial charge < -0.3 is 10.1 Å². The van der Waals surface area contributed by atoms with E-state index in [9.17, 15) is 9.59 Å². The number of ether oxygens (including phenoxy) is 1. The van der Waals surface area contributed by atoms with Gasteiger partial charge in [0.1, 0.15) is 11.4 Å². The van der Waals surface area contributed by atoms with Crippen molar-refractivity contribution in [2.75, 3.05) is 11.9 Å². The molecular formula is C18H15N3O3. The van der Waals surface area contributed by atoms with Gasteiger partial charge in [-0.1, -0.05) is 24.3 Å². The molecule has 0 unspecified atom stereocenters. The number of nitrogens with one attached hydrogen (secondary N) is 1. The predicted molar refractivity (Wildman–Crippen MR) is 89.9 cm³/mol. The van der Waals surface area contributed by atoms with Crippen molar-refractivity contribution in [2.45, 2.75) is 6.92 Å². The number of esters is 1. The quantitative estimate of drug-likeness (QED) is 0.747. The van der Waals surface area contributed by atoms with Gasteiger partial charge in [-0.15, -0.1) is 0 Å². The van der Waals surface area contributed by atoms with Gasteiger partial charge in [0.25, 0.3) is 5.91 Å². The molecule has 6 nitrogen and oxygen atoms in total. The summed E-state index contributed by atoms with van der Waals surface area (Å²) >= 11 is 0. The maximum atomic E-state index is 12.3. The molecule has 2 heterocycles. The van der Waals surface area contributed by atoms with Gasteiger partial charge >= 0.3 is 5.97 Å². The van der Waals surface area contributed by atoms with Crippen molar-refractivity contribution in [1.82, 2.24) is 9.97 Å². The number of pyridine rings is 2. The molecule has 0 aliphatic heterocycles. The molecule has 0 saturated carbocycles. The number of nitrogens with zero attached hydrogens (tertiary/aromatic N) is 2. The van der Waals surface area contributed by atoms with Crippen molar-refractivity contribution in [3.8, 4) is 0 Å². The molecule has 120 valence electrons. The van der Waals surface area contributed by atoms with E-state index in [4.69, 9.17) is 4.74 Å². The van der Waals surface area contributed by atoms with E-state index in [1.165, 1.54) is 12.1 Å². The topological polar surface area (TPSA) is 81.2 Å². The molecule has 2 aromatic heterocycles. The fraction of sp³-hybridized carbons (Fsp3) is 0.111. The summed E-state index contributed by atoms with van der Waals surface area (Å²) in [6.45, 7) is 1.96. The summed E-state index contributed by atoms with van der Waals surface area (Å²) in [7, 11) is 0. The summed E-state index contributed by atoms with van der Waals surface area (Å²) < 4.78 is 4.89. The summed E-state index contributed by atoms with van der Waals surface area (Å²) in [5.41, 5.74) is 1.63. The minimum absolute atomic E-state index is 0.0983. The zero-order valence-electron chi connectivity index (χ0n) is 13.0. The Labute approximate surface area is 138 Å². The molecular weight excluding hydrogens is 306 g/mol. The number of fused-ring (bicyclic) bond motifs is 1. The first kappa shape index (κ1) is 15.6. The van der Waals surface area contributed by atoms with Gasteiger partial charge in [0, 0.05) is 5.39 Å². The molecule has 0 aliphatic carbocycles. The fourth-order valence-corrected chi connectivity index (χ4v) is 2.21. The van der Waals surface area contributed by atoms with Crippen LogP contribution in [0.1, 0.15) is 27.9 Å². The highest BCUT2D eigenvalue weighted by Gasteiger charge is 2.13. The van der Waals surface area contributed by atoms with Crippen LogP contribution in [0.25, 0.3) is 10.9 Å². The van der Waals surface area contributed by atoms with Gasteiger partial charge in [0.2, 0.25) is 0 Å². The lowest BCUT2D eigenvalue weighted by atomic mass is 10.2. The molecule has 0 saturated heterocycles. The Bertz CT molecular complexity index is 909. The van der Waals surface area contributed by atoms with Crippen LogP contribution < -0.4 is 5.32 Å². The van der Waals surface area contributed by atoms with Crippen molar-refractivity contribution >= 4 is 28.5 Å². The van der Waals surface area contributed by atoms with E-state index >= 15 is 0 Å². The van der Waals surface area contributed by atoms with Crippen molar-refractivity contribution in [3.63, 3.8) is 0 Å². The number of aromatic nitrogens is 2. The largest absolute Gasteiger partial charge is 0.461 e. The van der Waals surface area contributed by atoms with Crippen molar-refractivity contribution in [2.24, 2.45) is 0 Å². The Morgan fingerprint density at radius 3 is 2.71 bits per heavy atom. The van der Waals surface area contributed by atoms with Crippen molar-refractivity contribution in [3.05, 3.63) is 66.1 Å². The Balaban J connectivity index is 1.81. The molecule has 0 bridgehead atoms. The van der Waals surface area contributed by atoms with Crippen LogP contribution in [0.2, 0.25) is 0 Å². The second-order valence-electron chi connectivity index (χ2n) is 5.00. The number of hydrogen-bond donors (Lipinski definition) is 1. The molecule has 3 aromatic rings. The Kier molecular flexibility index (Phi) is 4.47. The Hall–Kier alpha value is -3.28. The van der Waals surface area contributed by atoms with E-state index in [-0.39, 0.29) is 18.0 Å². The summed E-state index contributed by atoms with van der Waals surface area (Å²) in [6.07, 6.45) is 1.58. The predicted octanol–water partition coefficient (Wildman–Crippen LogP) is 3.06. The minimum Gasteiger partial charge on any atom is -0.461 e. The number of hydrogen-bond acceptors (Lipinski definition) is 5. The summed E-state index contributed by atoms with van der Waals surface area (Å²) in [4.78, 5) is 32.4. The molecule has 6 heteroatoms. The minimum atomic E-state index is -0.556. The molecule has 3 rings (SSSR count). The number of para-hydroxylation sites is 1. The molecule has 0 fully saturated rings. The number of anilines is 1. The molecule has 1 aromatic carbocycles. The van der Waals surface area contributed by atoms with Gasteiger partial charge in [-0.2, -0.15) is 0 Å². The van der Waals surface area contributed by atoms with Crippen LogP contribution in [0.4, 0.5) is 5.69 Å². The lowest BCUT2D eigenvalue weighted by Gasteiger charge is -2.07. The van der Waals surface area contributed by atoms with Crippen LogP contribution in [-0.4, -0.2) is 28.5 Å². The molecule has 24 heavy (non-hydrogen) atoms. The second kappa shape index (κ2) is 6.87. The first-order valence-corrected chi connectivity index (χ1v) is 7.47. The highest BCUT2D eigenvalue weighted by molar-refractivity contribution is 6.04. The lowest BCUT2D eigenvalue weighted by molar-refractivity contribution is 0.0519. The first-order valence-electron chi connectivity index (χ1n) is 7.47. The number of carbonyl (C=O) groups excluding carboxylic acids is 2. The van der Waals surface area contributed by atoms with E-state index in [2.05, 4.69) is 15.3 Å². The zero-order valence-corrected chi connectivity index (χ0v) is 13.0. The normalized spacial score (nSPS) is 10.4. The monoisotopic (exact) mass is 321 g/mol. The Morgan fingerprint density at radius 2 is 1.88 bits per heavy atom. The third-order valence-electron chi connectivity index (χ3n) is 3.31. The molecule has 0 spiro atoms. The lowest BCUT2D eigenvalue weighted by Crippen LogP contribution is -2.16. The second-order valence-corrected chi connectivity index (χ2v) is 5.00. The van der Waals surface area contributed by atoms with Gasteiger partial charge in [-0.25, -0.2) is 9.78 Å². The standard InChI is InChI=1S/C18H15N3O3/c1-2-24-18(23)16-9-5-8-15(21-16)17(22)20-13-10-12-6-3-4-7-14(12)19-11-13/h3-11H,2H2,1H3,(H,20,22). The van der Waals surface area contributed by atoms with Gasteiger partial charge in [-0.05, 0) is 31.2 Å². The van der Waals surface area contributed by atoms with E-state index < -0.39 is 11.9 Å². The van der Waals surface area contributed by atoms with Crippen LogP contribution in [0.3, 0.4) is 0 Å². The number of amides is 1. The Morgan fingerprint density at radius 1 is 1.08 bits per heavy atom. The molecule has 0 aliphatic rings. The summed E-state index contributed by atoms with van der Waals surface area (Å²) in [5, 5.41) is 3.65. The first-order chi connectivity index (χ1) is 11.7. The van der Waals surface area contributed by atoms with Gasteiger partial charge in [-0.3, -0.25) is 9.78 Å². The van der Waals surface area contributed by atoms with E-state index in [0.29, 0.717) is 5.69 Å². The van der Waals surface area contributed by atoms with Crippen LogP contribution in [0.5, 0.6) is 0 Å². The molecule has 1 amide bonds. The van der Waals surface area contributed by atoms with Crippen LogP contribution in [0, 0.1) is 0 Å². The van der Waals surface area contributed by atoms with Crippen molar-refractivity contribution in [1.29, 1.82) is 0 Å². The molecule has 0 atom stereocenters. The van der Waals surface area contributed by atoms with E-state index in [0.717, 1.165) is 10.9 Å². The highest BCUT2D eigenvalue weighted by Crippen LogP contribution is 2.16. The smallest absolute Gasteiger partial charge is 0.356 e. The third-order valence-corrected chi connectivity index (χ3v) is 3.31. The fourth-order valence-electron chi connectivity index (χ4n) is 2.21. The SMILES string of the molecule is CCOC(=O)c1cccc(C(=O)Nc2cnc3ccccc3c2)n1. The maximum absolute atomic E-state index is 12.3. The zero-order chi connectivity index (χ0) is 16.9. The summed E-state index contributed by atoms with van der Waals surface area (Å²) in [5.74, 6) is -0.974. The van der Waals surface area contributed by atoms with Crippen molar-refractivity contribution < 1.29 is 14.3 Å². The van der Waals surface area contributed by atoms with Crippen LogP contribution in [-0.2, 0) is 4.74 Å². The highest BCUT2D eigenvalue weighted by atomic mass is 16.5. The average molecular weight is 321 g/mol. The third kappa shape index (κ3) is 3.38. The van der Waals surface area contributed by atoms with E-state index in [1.807, 2.05) is 30.3 Å².